The monoisotopic (exact) mass is 286 g/mol. The molecule has 1 fully saturated rings. The third kappa shape index (κ3) is 2.15. The normalized spacial score (nSPS) is 15.9. The second-order valence-corrected chi connectivity index (χ2v) is 4.64. The molecule has 1 aromatic rings. The molecular formula is C11H15BrN2O2. The van der Waals surface area contributed by atoms with E-state index in [1.807, 2.05) is 4.90 Å². The number of furan rings is 1. The number of nitrogens with zero attached hydrogens (tertiary/aromatic N) is 1. The van der Waals surface area contributed by atoms with Crippen LogP contribution >= 0.6 is 15.9 Å². The number of rotatable bonds is 4. The summed E-state index contributed by atoms with van der Waals surface area (Å²) in [7, 11) is 0. The lowest BCUT2D eigenvalue weighted by Gasteiger charge is -2.38. The third-order valence-electron chi connectivity index (χ3n) is 2.77. The van der Waals surface area contributed by atoms with Crippen LogP contribution in [0.1, 0.15) is 23.7 Å². The number of amides is 1. The maximum absolute atomic E-state index is 12.3. The van der Waals surface area contributed by atoms with Crippen molar-refractivity contribution in [2.75, 3.05) is 19.6 Å². The van der Waals surface area contributed by atoms with E-state index in [9.17, 15) is 4.79 Å². The number of carbonyl (C=O) groups is 1. The van der Waals surface area contributed by atoms with Gasteiger partial charge in [-0.15, -0.1) is 0 Å². The summed E-state index contributed by atoms with van der Waals surface area (Å²) in [6, 6.07) is 2.04. The van der Waals surface area contributed by atoms with Gasteiger partial charge in [-0.2, -0.15) is 0 Å². The highest BCUT2D eigenvalue weighted by molar-refractivity contribution is 9.10. The first-order valence-corrected chi connectivity index (χ1v) is 6.28. The van der Waals surface area contributed by atoms with Crippen molar-refractivity contribution in [3.63, 3.8) is 0 Å². The summed E-state index contributed by atoms with van der Waals surface area (Å²) in [5.74, 6) is 0.0500. The van der Waals surface area contributed by atoms with Crippen molar-refractivity contribution in [3.8, 4) is 0 Å². The molecule has 1 aromatic heterocycles. The van der Waals surface area contributed by atoms with Crippen LogP contribution in [0.3, 0.4) is 0 Å². The molecule has 88 valence electrons. The van der Waals surface area contributed by atoms with Crippen molar-refractivity contribution in [2.24, 2.45) is 0 Å². The lowest BCUT2D eigenvalue weighted by Crippen LogP contribution is -2.59. The van der Waals surface area contributed by atoms with Gasteiger partial charge in [-0.3, -0.25) is 4.79 Å². The molecule has 1 N–H and O–H groups in total. The summed E-state index contributed by atoms with van der Waals surface area (Å²) in [4.78, 5) is 14.2. The Morgan fingerprint density at radius 2 is 2.44 bits per heavy atom. The molecule has 2 rings (SSSR count). The fourth-order valence-electron chi connectivity index (χ4n) is 1.79. The molecule has 1 aliphatic heterocycles. The SMILES string of the molecule is CCCN(C(=O)c1ccoc1Br)C1CNC1. The zero-order valence-corrected chi connectivity index (χ0v) is 10.8. The Balaban J connectivity index is 2.13. The maximum Gasteiger partial charge on any atom is 0.258 e. The van der Waals surface area contributed by atoms with E-state index < -0.39 is 0 Å². The van der Waals surface area contributed by atoms with Crippen LogP contribution in [0.25, 0.3) is 0 Å². The van der Waals surface area contributed by atoms with E-state index in [0.29, 0.717) is 16.3 Å². The summed E-state index contributed by atoms with van der Waals surface area (Å²) in [6.45, 7) is 4.65. The van der Waals surface area contributed by atoms with Gasteiger partial charge in [-0.1, -0.05) is 6.92 Å². The van der Waals surface area contributed by atoms with Crippen molar-refractivity contribution in [2.45, 2.75) is 19.4 Å². The Morgan fingerprint density at radius 3 is 2.88 bits per heavy atom. The summed E-state index contributed by atoms with van der Waals surface area (Å²) < 4.78 is 5.62. The van der Waals surface area contributed by atoms with Crippen LogP contribution in [-0.4, -0.2) is 36.5 Å². The predicted molar refractivity (Wildman–Crippen MR) is 64.4 cm³/mol. The predicted octanol–water partition coefficient (Wildman–Crippen LogP) is 1.87. The molecule has 0 aromatic carbocycles. The van der Waals surface area contributed by atoms with E-state index in [-0.39, 0.29) is 5.91 Å². The van der Waals surface area contributed by atoms with Crippen LogP contribution < -0.4 is 5.32 Å². The summed E-state index contributed by atoms with van der Waals surface area (Å²) in [5, 5.41) is 3.19. The second-order valence-electron chi connectivity index (χ2n) is 3.92. The van der Waals surface area contributed by atoms with Gasteiger partial charge < -0.3 is 14.6 Å². The fourth-order valence-corrected chi connectivity index (χ4v) is 2.20. The zero-order valence-electron chi connectivity index (χ0n) is 9.20. The number of halogens is 1. The highest BCUT2D eigenvalue weighted by atomic mass is 79.9. The molecule has 0 atom stereocenters. The molecule has 16 heavy (non-hydrogen) atoms. The van der Waals surface area contributed by atoms with E-state index in [0.717, 1.165) is 26.1 Å². The lowest BCUT2D eigenvalue weighted by molar-refractivity contribution is 0.0614. The molecule has 0 saturated carbocycles. The molecule has 0 spiro atoms. The van der Waals surface area contributed by atoms with Gasteiger partial charge in [0.25, 0.3) is 5.91 Å². The quantitative estimate of drug-likeness (QED) is 0.919. The molecule has 0 aliphatic carbocycles. The topological polar surface area (TPSA) is 45.5 Å². The van der Waals surface area contributed by atoms with Crippen molar-refractivity contribution in [3.05, 3.63) is 22.6 Å². The van der Waals surface area contributed by atoms with Crippen molar-refractivity contribution < 1.29 is 9.21 Å². The molecule has 5 heteroatoms. The van der Waals surface area contributed by atoms with Crippen LogP contribution in [0.4, 0.5) is 0 Å². The molecular weight excluding hydrogens is 272 g/mol. The van der Waals surface area contributed by atoms with E-state index >= 15 is 0 Å². The molecule has 1 aliphatic rings. The molecule has 2 heterocycles. The summed E-state index contributed by atoms with van der Waals surface area (Å²) in [5.41, 5.74) is 0.611. The van der Waals surface area contributed by atoms with E-state index in [2.05, 4.69) is 28.2 Å². The number of hydrogen-bond acceptors (Lipinski definition) is 3. The van der Waals surface area contributed by atoms with Crippen molar-refractivity contribution in [1.82, 2.24) is 10.2 Å². The average molecular weight is 287 g/mol. The van der Waals surface area contributed by atoms with Gasteiger partial charge in [0.2, 0.25) is 0 Å². The Labute approximate surface area is 103 Å². The van der Waals surface area contributed by atoms with Gasteiger partial charge in [0.05, 0.1) is 17.9 Å². The minimum Gasteiger partial charge on any atom is -0.457 e. The van der Waals surface area contributed by atoms with Crippen LogP contribution in [-0.2, 0) is 0 Å². The van der Waals surface area contributed by atoms with Crippen LogP contribution in [0.2, 0.25) is 0 Å². The van der Waals surface area contributed by atoms with Crippen LogP contribution in [0, 0.1) is 0 Å². The number of carbonyl (C=O) groups excluding carboxylic acids is 1. The summed E-state index contributed by atoms with van der Waals surface area (Å²) in [6.07, 6.45) is 2.50. The summed E-state index contributed by atoms with van der Waals surface area (Å²) >= 11 is 3.25. The van der Waals surface area contributed by atoms with E-state index in [4.69, 9.17) is 4.42 Å². The molecule has 1 saturated heterocycles. The molecule has 0 bridgehead atoms. The van der Waals surface area contributed by atoms with Gasteiger partial charge in [0.15, 0.2) is 4.67 Å². The average Bonchev–Trinajstić information content (AvgIpc) is 2.60. The second kappa shape index (κ2) is 5.01. The molecule has 0 unspecified atom stereocenters. The maximum atomic E-state index is 12.3. The van der Waals surface area contributed by atoms with Gasteiger partial charge in [-0.05, 0) is 28.4 Å². The fraction of sp³-hybridized carbons (Fsp3) is 0.545. The van der Waals surface area contributed by atoms with E-state index in [1.165, 1.54) is 6.26 Å². The lowest BCUT2D eigenvalue weighted by atomic mass is 10.1. The van der Waals surface area contributed by atoms with Gasteiger partial charge in [0, 0.05) is 19.6 Å². The van der Waals surface area contributed by atoms with Crippen LogP contribution in [0.15, 0.2) is 21.4 Å². The Morgan fingerprint density at radius 1 is 1.69 bits per heavy atom. The molecule has 4 nitrogen and oxygen atoms in total. The zero-order chi connectivity index (χ0) is 11.5. The minimum absolute atomic E-state index is 0.0500. The minimum atomic E-state index is 0.0500. The Kier molecular flexibility index (Phi) is 3.66. The number of nitrogens with one attached hydrogen (secondary N) is 1. The Hall–Kier alpha value is -0.810. The van der Waals surface area contributed by atoms with Gasteiger partial charge >= 0.3 is 0 Å². The third-order valence-corrected chi connectivity index (χ3v) is 3.39. The van der Waals surface area contributed by atoms with E-state index in [1.54, 1.807) is 6.07 Å². The molecule has 0 radical (unpaired) electrons. The first-order chi connectivity index (χ1) is 7.74. The largest absolute Gasteiger partial charge is 0.457 e. The van der Waals surface area contributed by atoms with Crippen molar-refractivity contribution in [1.29, 1.82) is 0 Å². The molecule has 1 amide bonds. The standard InChI is InChI=1S/C11H15BrN2O2/c1-2-4-14(8-6-13-7-8)11(15)9-3-5-16-10(9)12/h3,5,8,13H,2,4,6-7H2,1H3. The van der Waals surface area contributed by atoms with Crippen LogP contribution in [0.5, 0.6) is 0 Å². The number of hydrogen-bond donors (Lipinski definition) is 1. The smallest absolute Gasteiger partial charge is 0.258 e. The first-order valence-electron chi connectivity index (χ1n) is 5.48. The highest BCUT2D eigenvalue weighted by Crippen LogP contribution is 2.21. The van der Waals surface area contributed by atoms with Crippen molar-refractivity contribution >= 4 is 21.8 Å². The first kappa shape index (κ1) is 11.7. The highest BCUT2D eigenvalue weighted by Gasteiger charge is 2.30. The van der Waals surface area contributed by atoms with Gasteiger partial charge in [0.1, 0.15) is 0 Å². The van der Waals surface area contributed by atoms with Gasteiger partial charge in [-0.25, -0.2) is 0 Å². The Bertz CT molecular complexity index is 374.